The molecule has 5 nitrogen and oxygen atoms in total. The third-order valence-corrected chi connectivity index (χ3v) is 3.98. The van der Waals surface area contributed by atoms with Crippen LogP contribution in [0.4, 0.5) is 0 Å². The number of piperazine rings is 1. The number of nitrogens with zero attached hydrogens (tertiary/aromatic N) is 2. The van der Waals surface area contributed by atoms with E-state index in [0.29, 0.717) is 18.6 Å². The van der Waals surface area contributed by atoms with Crippen LogP contribution in [0.3, 0.4) is 0 Å². The highest BCUT2D eigenvalue weighted by atomic mass is 16.5. The van der Waals surface area contributed by atoms with Gasteiger partial charge < -0.3 is 15.0 Å². The summed E-state index contributed by atoms with van der Waals surface area (Å²) >= 11 is 0. The minimum atomic E-state index is 0.0771. The van der Waals surface area contributed by atoms with E-state index in [0.717, 1.165) is 45.6 Å². The summed E-state index contributed by atoms with van der Waals surface area (Å²) in [5.41, 5.74) is 0. The molecule has 0 aliphatic carbocycles. The average molecular weight is 255 g/mol. The van der Waals surface area contributed by atoms with Gasteiger partial charge in [-0.05, 0) is 26.3 Å². The van der Waals surface area contributed by atoms with Crippen molar-refractivity contribution in [3.8, 4) is 0 Å². The quantitative estimate of drug-likeness (QED) is 0.763. The minimum absolute atomic E-state index is 0.0771. The first kappa shape index (κ1) is 13.8. The van der Waals surface area contributed by atoms with E-state index in [1.54, 1.807) is 7.11 Å². The number of hydrogen-bond acceptors (Lipinski definition) is 4. The lowest BCUT2D eigenvalue weighted by atomic mass is 10.1. The number of likely N-dealkylation sites (tertiary alicyclic amines) is 1. The maximum absolute atomic E-state index is 12.5. The molecular weight excluding hydrogens is 230 g/mol. The summed E-state index contributed by atoms with van der Waals surface area (Å²) in [5, 5.41) is 3.29. The second kappa shape index (κ2) is 6.50. The van der Waals surface area contributed by atoms with Gasteiger partial charge in [0.2, 0.25) is 5.91 Å². The highest BCUT2D eigenvalue weighted by molar-refractivity contribution is 5.82. The Morgan fingerprint density at radius 3 is 2.78 bits per heavy atom. The fraction of sp³-hybridized carbons (Fsp3) is 0.923. The van der Waals surface area contributed by atoms with E-state index in [-0.39, 0.29) is 6.04 Å². The van der Waals surface area contributed by atoms with Crippen LogP contribution >= 0.6 is 0 Å². The van der Waals surface area contributed by atoms with Gasteiger partial charge in [0.25, 0.3) is 0 Å². The van der Waals surface area contributed by atoms with Gasteiger partial charge >= 0.3 is 0 Å². The average Bonchev–Trinajstić information content (AvgIpc) is 2.88. The van der Waals surface area contributed by atoms with Crippen molar-refractivity contribution in [2.75, 3.05) is 46.4 Å². The monoisotopic (exact) mass is 255 g/mol. The Morgan fingerprint density at radius 1 is 1.39 bits per heavy atom. The van der Waals surface area contributed by atoms with Gasteiger partial charge in [-0.2, -0.15) is 0 Å². The molecule has 18 heavy (non-hydrogen) atoms. The van der Waals surface area contributed by atoms with Gasteiger partial charge in [0.1, 0.15) is 0 Å². The van der Waals surface area contributed by atoms with Crippen LogP contribution < -0.4 is 5.32 Å². The smallest absolute Gasteiger partial charge is 0.240 e. The minimum Gasteiger partial charge on any atom is -0.383 e. The highest BCUT2D eigenvalue weighted by Gasteiger charge is 2.36. The predicted molar refractivity (Wildman–Crippen MR) is 70.5 cm³/mol. The zero-order chi connectivity index (χ0) is 13.0. The molecule has 2 atom stereocenters. The predicted octanol–water partition coefficient (Wildman–Crippen LogP) is -0.0825. The Balaban J connectivity index is 1.95. The second-order valence-electron chi connectivity index (χ2n) is 5.28. The molecular formula is C13H25N3O2. The normalized spacial score (nSPS) is 27.4. The molecule has 0 radical (unpaired) electrons. The molecule has 0 saturated carbocycles. The lowest BCUT2D eigenvalue weighted by Gasteiger charge is -2.35. The third-order valence-electron chi connectivity index (χ3n) is 3.98. The summed E-state index contributed by atoms with van der Waals surface area (Å²) in [7, 11) is 1.72. The molecule has 2 fully saturated rings. The molecule has 5 heteroatoms. The van der Waals surface area contributed by atoms with Crippen molar-refractivity contribution in [3.63, 3.8) is 0 Å². The van der Waals surface area contributed by atoms with Gasteiger partial charge in [-0.25, -0.2) is 0 Å². The number of carbonyl (C=O) groups is 1. The number of nitrogens with one attached hydrogen (secondary N) is 1. The molecule has 0 aromatic heterocycles. The fourth-order valence-corrected chi connectivity index (χ4v) is 3.01. The van der Waals surface area contributed by atoms with Gasteiger partial charge in [0.05, 0.1) is 12.6 Å². The van der Waals surface area contributed by atoms with Crippen LogP contribution in [0.1, 0.15) is 19.8 Å². The Labute approximate surface area is 109 Å². The number of methoxy groups -OCH3 is 1. The molecule has 0 spiro atoms. The summed E-state index contributed by atoms with van der Waals surface area (Å²) in [6, 6.07) is 0.405. The van der Waals surface area contributed by atoms with Crippen molar-refractivity contribution in [2.24, 2.45) is 0 Å². The van der Waals surface area contributed by atoms with Gasteiger partial charge in [0.15, 0.2) is 0 Å². The number of rotatable bonds is 4. The van der Waals surface area contributed by atoms with Crippen LogP contribution in [0.15, 0.2) is 0 Å². The molecule has 0 aromatic carbocycles. The van der Waals surface area contributed by atoms with Gasteiger partial charge in [-0.15, -0.1) is 0 Å². The number of carbonyl (C=O) groups excluding carboxylic acids is 1. The summed E-state index contributed by atoms with van der Waals surface area (Å²) in [4.78, 5) is 16.9. The zero-order valence-electron chi connectivity index (χ0n) is 11.5. The van der Waals surface area contributed by atoms with Crippen LogP contribution in [0.2, 0.25) is 0 Å². The SMILES string of the molecule is COCC(C)N1CCCC1C(=O)N1CCNCC1. The molecule has 2 unspecified atom stereocenters. The van der Waals surface area contributed by atoms with Crippen LogP contribution in [0, 0.1) is 0 Å². The van der Waals surface area contributed by atoms with Crippen LogP contribution in [0.5, 0.6) is 0 Å². The molecule has 2 heterocycles. The van der Waals surface area contributed by atoms with Gasteiger partial charge in [-0.3, -0.25) is 9.69 Å². The molecule has 104 valence electrons. The largest absolute Gasteiger partial charge is 0.383 e. The van der Waals surface area contributed by atoms with Crippen LogP contribution in [-0.4, -0.2) is 74.2 Å². The van der Waals surface area contributed by atoms with Crippen LogP contribution in [-0.2, 0) is 9.53 Å². The maximum Gasteiger partial charge on any atom is 0.240 e. The molecule has 1 amide bonds. The number of amides is 1. The van der Waals surface area contributed by atoms with Gasteiger partial charge in [-0.1, -0.05) is 0 Å². The fourth-order valence-electron chi connectivity index (χ4n) is 3.01. The summed E-state index contributed by atoms with van der Waals surface area (Å²) in [6.07, 6.45) is 2.12. The second-order valence-corrected chi connectivity index (χ2v) is 5.28. The van der Waals surface area contributed by atoms with Crippen molar-refractivity contribution in [2.45, 2.75) is 31.8 Å². The number of hydrogen-bond donors (Lipinski definition) is 1. The van der Waals surface area contributed by atoms with Crippen molar-refractivity contribution >= 4 is 5.91 Å². The van der Waals surface area contributed by atoms with E-state index >= 15 is 0 Å². The van der Waals surface area contributed by atoms with Crippen molar-refractivity contribution in [1.82, 2.24) is 15.1 Å². The summed E-state index contributed by atoms with van der Waals surface area (Å²) in [5.74, 6) is 0.317. The number of ether oxygens (including phenoxy) is 1. The lowest BCUT2D eigenvalue weighted by molar-refractivity contribution is -0.137. The molecule has 2 rings (SSSR count). The van der Waals surface area contributed by atoms with E-state index in [9.17, 15) is 4.79 Å². The van der Waals surface area contributed by atoms with Crippen molar-refractivity contribution in [1.29, 1.82) is 0 Å². The van der Waals surface area contributed by atoms with E-state index in [4.69, 9.17) is 4.74 Å². The Morgan fingerprint density at radius 2 is 2.11 bits per heavy atom. The first-order valence-electron chi connectivity index (χ1n) is 6.98. The lowest BCUT2D eigenvalue weighted by Crippen LogP contribution is -2.54. The summed E-state index contributed by atoms with van der Waals surface area (Å²) < 4.78 is 5.21. The highest BCUT2D eigenvalue weighted by Crippen LogP contribution is 2.22. The molecule has 2 aliphatic rings. The maximum atomic E-state index is 12.5. The first-order valence-corrected chi connectivity index (χ1v) is 6.98. The summed E-state index contributed by atoms with van der Waals surface area (Å²) in [6.45, 7) is 7.41. The van der Waals surface area contributed by atoms with E-state index < -0.39 is 0 Å². The molecule has 1 N–H and O–H groups in total. The Bertz CT molecular complexity index is 279. The van der Waals surface area contributed by atoms with E-state index in [2.05, 4.69) is 17.1 Å². The molecule has 0 aromatic rings. The zero-order valence-corrected chi connectivity index (χ0v) is 11.5. The first-order chi connectivity index (χ1) is 8.74. The third kappa shape index (κ3) is 3.02. The van der Waals surface area contributed by atoms with Crippen LogP contribution in [0.25, 0.3) is 0 Å². The Hall–Kier alpha value is -0.650. The van der Waals surface area contributed by atoms with E-state index in [1.807, 2.05) is 4.90 Å². The molecule has 0 bridgehead atoms. The molecule has 2 saturated heterocycles. The standard InChI is InChI=1S/C13H25N3O2/c1-11(10-18-2)16-7-3-4-12(16)13(17)15-8-5-14-6-9-15/h11-12,14H,3-10H2,1-2H3. The molecule has 2 aliphatic heterocycles. The van der Waals surface area contributed by atoms with Crippen molar-refractivity contribution in [3.05, 3.63) is 0 Å². The Kier molecular flexibility index (Phi) is 4.97. The van der Waals surface area contributed by atoms with Crippen molar-refractivity contribution < 1.29 is 9.53 Å². The van der Waals surface area contributed by atoms with Gasteiger partial charge in [0, 0.05) is 39.3 Å². The van der Waals surface area contributed by atoms with E-state index in [1.165, 1.54) is 0 Å². The topological polar surface area (TPSA) is 44.8 Å².